The average molecular weight is 442 g/mol. The number of benzene rings is 2. The maximum Gasteiger partial charge on any atom is 0.161 e. The van der Waals surface area contributed by atoms with Crippen LogP contribution in [0, 0.1) is 0 Å². The highest BCUT2D eigenvalue weighted by atomic mass is 79.9. The van der Waals surface area contributed by atoms with Crippen molar-refractivity contribution in [2.75, 3.05) is 13.1 Å². The van der Waals surface area contributed by atoms with Gasteiger partial charge >= 0.3 is 0 Å². The number of halogens is 1. The summed E-state index contributed by atoms with van der Waals surface area (Å²) in [5, 5.41) is 0. The summed E-state index contributed by atoms with van der Waals surface area (Å²) in [6.45, 7) is 6.54. The molecule has 0 spiro atoms. The lowest BCUT2D eigenvalue weighted by Gasteiger charge is -2.40. The lowest BCUT2D eigenvalue weighted by atomic mass is 9.66. The minimum atomic E-state index is -0.642. The zero-order chi connectivity index (χ0) is 20.0. The van der Waals surface area contributed by atoms with Gasteiger partial charge in [0.1, 0.15) is 0 Å². The van der Waals surface area contributed by atoms with E-state index in [0.29, 0.717) is 6.04 Å². The van der Waals surface area contributed by atoms with Crippen molar-refractivity contribution < 1.29 is 4.79 Å². The van der Waals surface area contributed by atoms with E-state index in [4.69, 9.17) is 0 Å². The summed E-state index contributed by atoms with van der Waals surface area (Å²) < 4.78 is 0. The van der Waals surface area contributed by atoms with Gasteiger partial charge in [0.05, 0.1) is 10.2 Å². The molecule has 2 nitrogen and oxygen atoms in total. The number of alkyl halides is 1. The van der Waals surface area contributed by atoms with E-state index in [1.807, 2.05) is 19.1 Å². The molecule has 1 heterocycles. The fourth-order valence-electron chi connectivity index (χ4n) is 4.68. The number of Topliss-reactive ketones (excluding diaryl/α,β-unsaturated/α-hetero) is 1. The van der Waals surface area contributed by atoms with E-state index in [2.05, 4.69) is 76.3 Å². The van der Waals surface area contributed by atoms with Gasteiger partial charge in [-0.25, -0.2) is 0 Å². The van der Waals surface area contributed by atoms with E-state index >= 15 is 0 Å². The van der Waals surface area contributed by atoms with Crippen LogP contribution >= 0.6 is 15.9 Å². The molecule has 3 heteroatoms. The van der Waals surface area contributed by atoms with Gasteiger partial charge in [-0.2, -0.15) is 0 Å². The van der Waals surface area contributed by atoms with Crippen LogP contribution in [0.3, 0.4) is 0 Å². The van der Waals surface area contributed by atoms with E-state index in [9.17, 15) is 4.79 Å². The van der Waals surface area contributed by atoms with Crippen LogP contribution in [-0.2, 0) is 10.2 Å². The largest absolute Gasteiger partial charge is 0.301 e. The van der Waals surface area contributed by atoms with E-state index < -0.39 is 5.41 Å². The molecule has 1 fully saturated rings. The van der Waals surface area contributed by atoms with Crippen LogP contribution in [0.1, 0.15) is 57.1 Å². The zero-order valence-corrected chi connectivity index (χ0v) is 18.7. The van der Waals surface area contributed by atoms with Crippen molar-refractivity contribution in [2.45, 2.75) is 62.2 Å². The van der Waals surface area contributed by atoms with Crippen molar-refractivity contribution in [3.8, 4) is 0 Å². The second kappa shape index (κ2) is 9.84. The third-order valence-corrected chi connectivity index (χ3v) is 6.60. The summed E-state index contributed by atoms with van der Waals surface area (Å²) in [5.41, 5.74) is 1.55. The molecular formula is C25H32BrNO. The Labute approximate surface area is 178 Å². The second-order valence-electron chi connectivity index (χ2n) is 8.12. The van der Waals surface area contributed by atoms with Gasteiger partial charge < -0.3 is 4.90 Å². The summed E-state index contributed by atoms with van der Waals surface area (Å²) >= 11 is 3.61. The lowest BCUT2D eigenvalue weighted by molar-refractivity contribution is -0.123. The first-order valence-corrected chi connectivity index (χ1v) is 11.5. The molecule has 0 radical (unpaired) electrons. The van der Waals surface area contributed by atoms with E-state index in [0.717, 1.165) is 30.6 Å². The zero-order valence-electron chi connectivity index (χ0n) is 17.1. The van der Waals surface area contributed by atoms with Crippen LogP contribution in [0.5, 0.6) is 0 Å². The Balaban J connectivity index is 2.08. The minimum absolute atomic E-state index is 0.204. The maximum absolute atomic E-state index is 13.8. The normalized spacial score (nSPS) is 18.2. The monoisotopic (exact) mass is 441 g/mol. The van der Waals surface area contributed by atoms with Crippen LogP contribution in [-0.4, -0.2) is 34.6 Å². The van der Waals surface area contributed by atoms with Gasteiger partial charge in [0.25, 0.3) is 0 Å². The number of rotatable bonds is 7. The molecule has 0 bridgehead atoms. The maximum atomic E-state index is 13.8. The first-order chi connectivity index (χ1) is 13.6. The summed E-state index contributed by atoms with van der Waals surface area (Å²) in [4.78, 5) is 16.2. The van der Waals surface area contributed by atoms with Crippen molar-refractivity contribution in [2.24, 2.45) is 0 Å². The third-order valence-electron chi connectivity index (χ3n) is 6.18. The number of hydrogen-bond acceptors (Lipinski definition) is 2. The highest BCUT2D eigenvalue weighted by Gasteiger charge is 2.44. The van der Waals surface area contributed by atoms with E-state index in [1.54, 1.807) is 0 Å². The Bertz CT molecular complexity index is 696. The molecule has 1 aliphatic heterocycles. The predicted molar refractivity (Wildman–Crippen MR) is 121 cm³/mol. The molecule has 2 unspecified atom stereocenters. The number of carbonyl (C=O) groups is 1. The number of hydrogen-bond donors (Lipinski definition) is 0. The number of nitrogens with zero attached hydrogens (tertiary/aromatic N) is 1. The molecule has 28 heavy (non-hydrogen) atoms. The molecule has 0 saturated carbocycles. The van der Waals surface area contributed by atoms with Crippen molar-refractivity contribution in [3.05, 3.63) is 71.8 Å². The predicted octanol–water partition coefficient (Wildman–Crippen LogP) is 5.98. The third kappa shape index (κ3) is 4.58. The van der Waals surface area contributed by atoms with Gasteiger partial charge in [-0.3, -0.25) is 4.79 Å². The van der Waals surface area contributed by atoms with E-state index in [-0.39, 0.29) is 10.6 Å². The van der Waals surface area contributed by atoms with Crippen molar-refractivity contribution >= 4 is 21.7 Å². The van der Waals surface area contributed by atoms with Gasteiger partial charge in [0, 0.05) is 6.04 Å². The fraction of sp³-hybridized carbons (Fsp3) is 0.480. The molecule has 3 rings (SSSR count). The van der Waals surface area contributed by atoms with Crippen LogP contribution in [0.15, 0.2) is 60.7 Å². The molecule has 150 valence electrons. The first-order valence-electron chi connectivity index (χ1n) is 10.6. The van der Waals surface area contributed by atoms with Gasteiger partial charge in [-0.1, -0.05) is 89.4 Å². The van der Waals surface area contributed by atoms with Crippen LogP contribution in [0.4, 0.5) is 0 Å². The molecule has 2 aromatic carbocycles. The Morgan fingerprint density at radius 2 is 1.36 bits per heavy atom. The Kier molecular flexibility index (Phi) is 7.48. The van der Waals surface area contributed by atoms with Crippen LogP contribution in [0.25, 0.3) is 0 Å². The Hall–Kier alpha value is -1.45. The van der Waals surface area contributed by atoms with Crippen LogP contribution in [0.2, 0.25) is 0 Å². The number of carbonyl (C=O) groups excluding carboxylic acids is 1. The Morgan fingerprint density at radius 1 is 0.893 bits per heavy atom. The molecular weight excluding hydrogens is 410 g/mol. The van der Waals surface area contributed by atoms with E-state index in [1.165, 1.54) is 25.7 Å². The minimum Gasteiger partial charge on any atom is -0.301 e. The molecule has 0 N–H and O–H groups in total. The summed E-state index contributed by atoms with van der Waals surface area (Å²) in [6, 6.07) is 21.1. The summed E-state index contributed by atoms with van der Waals surface area (Å²) in [5.74, 6) is 0.242. The highest BCUT2D eigenvalue weighted by molar-refractivity contribution is 9.10. The summed E-state index contributed by atoms with van der Waals surface area (Å²) in [6.07, 6.45) is 5.97. The van der Waals surface area contributed by atoms with Gasteiger partial charge in [0.15, 0.2) is 5.78 Å². The molecule has 0 aliphatic carbocycles. The molecule has 1 saturated heterocycles. The summed E-state index contributed by atoms with van der Waals surface area (Å²) in [7, 11) is 0. The van der Waals surface area contributed by atoms with Gasteiger partial charge in [0.2, 0.25) is 0 Å². The molecule has 0 aromatic heterocycles. The lowest BCUT2D eigenvalue weighted by Crippen LogP contribution is -2.47. The van der Waals surface area contributed by atoms with Gasteiger partial charge in [-0.15, -0.1) is 0 Å². The van der Waals surface area contributed by atoms with Crippen molar-refractivity contribution in [3.63, 3.8) is 0 Å². The first kappa shape index (κ1) is 21.3. The molecule has 2 aromatic rings. The fourth-order valence-corrected chi connectivity index (χ4v) is 5.07. The molecule has 1 aliphatic rings. The standard InChI is InChI=1S/C25H32BrNO/c1-20(27-17-11-3-4-12-18-27)19-25(24(28)21(2)26,22-13-7-5-8-14-22)23-15-9-6-10-16-23/h5-10,13-16,20-21H,3-4,11-12,17-19H2,1-2H3. The molecule has 2 atom stereocenters. The highest BCUT2D eigenvalue weighted by Crippen LogP contribution is 2.41. The van der Waals surface area contributed by atoms with Crippen molar-refractivity contribution in [1.82, 2.24) is 4.90 Å². The topological polar surface area (TPSA) is 20.3 Å². The van der Waals surface area contributed by atoms with Gasteiger partial charge in [-0.05, 0) is 57.3 Å². The SMILES string of the molecule is CC(Br)C(=O)C(CC(C)N1CCCCCC1)(c1ccccc1)c1ccccc1. The number of likely N-dealkylation sites (tertiary alicyclic amines) is 1. The van der Waals surface area contributed by atoms with Crippen molar-refractivity contribution in [1.29, 1.82) is 0 Å². The average Bonchev–Trinajstić information content (AvgIpc) is 3.02. The molecule has 0 amide bonds. The smallest absolute Gasteiger partial charge is 0.161 e. The number of ketones is 1. The quantitative estimate of drug-likeness (QED) is 0.492. The second-order valence-corrected chi connectivity index (χ2v) is 9.49. The van der Waals surface area contributed by atoms with Crippen LogP contribution < -0.4 is 0 Å². The Morgan fingerprint density at radius 3 is 1.79 bits per heavy atom.